The molecule has 7 nitrogen and oxygen atoms in total. The molecule has 7 heteroatoms. The molecule has 0 heterocycles. The fourth-order valence-corrected chi connectivity index (χ4v) is 5.65. The third-order valence-electron chi connectivity index (χ3n) is 7.38. The first kappa shape index (κ1) is 23.8. The lowest BCUT2D eigenvalue weighted by Gasteiger charge is -2.46. The summed E-state index contributed by atoms with van der Waals surface area (Å²) in [6, 6.07) is 3.27. The molecular weight excluding hydrogens is 434 g/mol. The zero-order valence-electron chi connectivity index (χ0n) is 19.5. The number of ketones is 2. The number of phenols is 1. The van der Waals surface area contributed by atoms with Crippen molar-refractivity contribution >= 4 is 23.4 Å². The van der Waals surface area contributed by atoms with Crippen molar-refractivity contribution in [3.05, 3.63) is 63.6 Å². The fourth-order valence-electron chi connectivity index (χ4n) is 5.65. The third kappa shape index (κ3) is 3.46. The van der Waals surface area contributed by atoms with Gasteiger partial charge < -0.3 is 26.2 Å². The highest BCUT2D eigenvalue weighted by molar-refractivity contribution is 6.13. The van der Waals surface area contributed by atoms with Gasteiger partial charge in [-0.1, -0.05) is 37.6 Å². The van der Waals surface area contributed by atoms with Crippen LogP contribution in [0.1, 0.15) is 62.6 Å². The van der Waals surface area contributed by atoms with Gasteiger partial charge in [-0.3, -0.25) is 9.59 Å². The number of hydrogen-bond acceptors (Lipinski definition) is 7. The average molecular weight is 466 g/mol. The molecule has 34 heavy (non-hydrogen) atoms. The second kappa shape index (κ2) is 8.47. The summed E-state index contributed by atoms with van der Waals surface area (Å²) in [7, 11) is 0. The van der Waals surface area contributed by atoms with Crippen molar-refractivity contribution in [3.8, 4) is 5.75 Å². The van der Waals surface area contributed by atoms with E-state index in [1.54, 1.807) is 6.07 Å². The number of fused-ring (bicyclic) bond motifs is 3. The molecule has 180 valence electrons. The summed E-state index contributed by atoms with van der Waals surface area (Å²) in [5, 5.41) is 43.9. The van der Waals surface area contributed by atoms with Gasteiger partial charge in [0.05, 0.1) is 11.1 Å². The molecule has 1 saturated carbocycles. The van der Waals surface area contributed by atoms with E-state index in [0.29, 0.717) is 6.42 Å². The number of unbranched alkanes of at least 4 members (excludes halogenated alkanes) is 1. The topological polar surface area (TPSA) is 141 Å². The van der Waals surface area contributed by atoms with Crippen LogP contribution < -0.4 is 5.73 Å². The van der Waals surface area contributed by atoms with Crippen molar-refractivity contribution in [2.45, 2.75) is 58.0 Å². The second-order valence-corrected chi connectivity index (χ2v) is 9.69. The normalized spacial score (nSPS) is 26.9. The van der Waals surface area contributed by atoms with Gasteiger partial charge in [0.15, 0.2) is 11.4 Å². The number of carbonyl (C=O) groups excluding carboxylic acids is 2. The number of Topliss-reactive ketones (excluding diaryl/α,β-unsaturated/α-hetero) is 2. The molecule has 1 fully saturated rings. The van der Waals surface area contributed by atoms with E-state index >= 15 is 0 Å². The molecule has 3 aliphatic rings. The maximum absolute atomic E-state index is 13.6. The standard InChI is InChI=1S/C27H31NO6/c1-4-5-6-13(2)9-15-7-8-19(29)23-18(15)11-16-10-17-12-20(30)21(14(3)28)25(32)27(17,34)26(33)22(16)24(23)31/h7-9,16-17,29,31-32,34H,3-6,10-12,28H2,1-2H3/b13-9+/t16-,17+,27-/m1/s1. The van der Waals surface area contributed by atoms with Crippen LogP contribution in [0, 0.1) is 11.8 Å². The Morgan fingerprint density at radius 2 is 1.94 bits per heavy atom. The Hall–Kier alpha value is -3.32. The molecule has 3 atom stereocenters. The highest BCUT2D eigenvalue weighted by Crippen LogP contribution is 2.52. The van der Waals surface area contributed by atoms with Crippen molar-refractivity contribution < 1.29 is 30.0 Å². The van der Waals surface area contributed by atoms with Gasteiger partial charge in [0.25, 0.3) is 0 Å². The Kier molecular flexibility index (Phi) is 5.94. The monoisotopic (exact) mass is 465 g/mol. The summed E-state index contributed by atoms with van der Waals surface area (Å²) in [5.74, 6) is -4.07. The smallest absolute Gasteiger partial charge is 0.202 e. The predicted octanol–water partition coefficient (Wildman–Crippen LogP) is 4.00. The van der Waals surface area contributed by atoms with E-state index in [0.717, 1.165) is 30.4 Å². The summed E-state index contributed by atoms with van der Waals surface area (Å²) in [6.07, 6.45) is 5.47. The van der Waals surface area contributed by atoms with Crippen molar-refractivity contribution in [3.63, 3.8) is 0 Å². The van der Waals surface area contributed by atoms with Crippen LogP contribution in [0.25, 0.3) is 11.8 Å². The highest BCUT2D eigenvalue weighted by Gasteiger charge is 2.59. The van der Waals surface area contributed by atoms with Gasteiger partial charge >= 0.3 is 0 Å². The number of aromatic hydroxyl groups is 1. The van der Waals surface area contributed by atoms with E-state index in [1.807, 2.05) is 13.0 Å². The molecule has 0 radical (unpaired) electrons. The first-order valence-electron chi connectivity index (χ1n) is 11.7. The Balaban J connectivity index is 1.86. The number of allylic oxidation sites excluding steroid dienone is 2. The molecule has 0 amide bonds. The summed E-state index contributed by atoms with van der Waals surface area (Å²) in [5.41, 5.74) is 5.54. The fraction of sp³-hybridized carbons (Fsp3) is 0.407. The molecule has 4 rings (SSSR count). The molecule has 0 saturated heterocycles. The van der Waals surface area contributed by atoms with E-state index in [4.69, 9.17) is 5.73 Å². The Morgan fingerprint density at radius 1 is 1.24 bits per heavy atom. The summed E-state index contributed by atoms with van der Waals surface area (Å²) < 4.78 is 0. The van der Waals surface area contributed by atoms with Gasteiger partial charge in [0, 0.05) is 23.6 Å². The molecule has 1 aromatic carbocycles. The lowest BCUT2D eigenvalue weighted by molar-refractivity contribution is -0.147. The lowest BCUT2D eigenvalue weighted by atomic mass is 9.59. The van der Waals surface area contributed by atoms with Crippen molar-refractivity contribution in [1.82, 2.24) is 0 Å². The van der Waals surface area contributed by atoms with Crippen molar-refractivity contribution in [2.24, 2.45) is 17.6 Å². The Bertz CT molecular complexity index is 1200. The van der Waals surface area contributed by atoms with E-state index in [2.05, 4.69) is 13.5 Å². The number of aliphatic hydroxyl groups is 3. The lowest BCUT2D eigenvalue weighted by Crippen LogP contribution is -2.57. The third-order valence-corrected chi connectivity index (χ3v) is 7.38. The van der Waals surface area contributed by atoms with Crippen LogP contribution >= 0.6 is 0 Å². The summed E-state index contributed by atoms with van der Waals surface area (Å²) >= 11 is 0. The van der Waals surface area contributed by atoms with Gasteiger partial charge in [-0.15, -0.1) is 0 Å². The average Bonchev–Trinajstić information content (AvgIpc) is 2.76. The Morgan fingerprint density at radius 3 is 2.59 bits per heavy atom. The quantitative estimate of drug-likeness (QED) is 0.442. The SMILES string of the molecule is C=C(N)C1=C(O)[C@@]2(O)C(=O)C3=C(O)c4c(O)ccc(/C=C(\C)CCCC)c4C[C@H]3C[C@H]2CC1=O. The van der Waals surface area contributed by atoms with E-state index in [1.165, 1.54) is 11.6 Å². The van der Waals surface area contributed by atoms with Crippen LogP contribution in [0.3, 0.4) is 0 Å². The van der Waals surface area contributed by atoms with Crippen LogP contribution in [0.5, 0.6) is 5.75 Å². The van der Waals surface area contributed by atoms with E-state index < -0.39 is 40.5 Å². The minimum Gasteiger partial charge on any atom is -0.508 e. The van der Waals surface area contributed by atoms with Gasteiger partial charge in [-0.2, -0.15) is 0 Å². The van der Waals surface area contributed by atoms with Gasteiger partial charge in [-0.25, -0.2) is 0 Å². The van der Waals surface area contributed by atoms with E-state index in [9.17, 15) is 30.0 Å². The number of aliphatic hydroxyl groups excluding tert-OH is 2. The molecule has 3 aliphatic carbocycles. The van der Waals surface area contributed by atoms with E-state index in [-0.39, 0.29) is 41.0 Å². The zero-order chi connectivity index (χ0) is 24.9. The minimum absolute atomic E-state index is 0.0479. The number of phenolic OH excluding ortho intramolecular Hbond substituents is 1. The maximum atomic E-state index is 13.6. The molecule has 0 spiro atoms. The Labute approximate surface area is 198 Å². The molecular formula is C27H31NO6. The molecule has 1 aromatic rings. The molecule has 0 aromatic heterocycles. The number of rotatable bonds is 5. The summed E-state index contributed by atoms with van der Waals surface area (Å²) in [6.45, 7) is 7.64. The summed E-state index contributed by atoms with van der Waals surface area (Å²) in [4.78, 5) is 26.2. The largest absolute Gasteiger partial charge is 0.508 e. The van der Waals surface area contributed by atoms with Crippen LogP contribution in [0.4, 0.5) is 0 Å². The maximum Gasteiger partial charge on any atom is 0.202 e. The molecule has 0 aliphatic heterocycles. The number of benzene rings is 1. The van der Waals surface area contributed by atoms with Crippen LogP contribution in [-0.2, 0) is 16.0 Å². The van der Waals surface area contributed by atoms with Gasteiger partial charge in [0.2, 0.25) is 5.78 Å². The van der Waals surface area contributed by atoms with Gasteiger partial charge in [0.1, 0.15) is 17.3 Å². The van der Waals surface area contributed by atoms with Crippen LogP contribution in [-0.4, -0.2) is 37.6 Å². The molecule has 6 N–H and O–H groups in total. The minimum atomic E-state index is -2.38. The predicted molar refractivity (Wildman–Crippen MR) is 129 cm³/mol. The number of carbonyl (C=O) groups is 2. The number of nitrogens with two attached hydrogens (primary N) is 1. The van der Waals surface area contributed by atoms with Crippen LogP contribution in [0.2, 0.25) is 0 Å². The van der Waals surface area contributed by atoms with Gasteiger partial charge in [-0.05, 0) is 55.7 Å². The first-order chi connectivity index (χ1) is 16.0. The van der Waals surface area contributed by atoms with Crippen molar-refractivity contribution in [1.29, 1.82) is 0 Å². The zero-order valence-corrected chi connectivity index (χ0v) is 19.5. The second-order valence-electron chi connectivity index (χ2n) is 9.69. The molecule has 0 unspecified atom stereocenters. The highest BCUT2D eigenvalue weighted by atomic mass is 16.3. The van der Waals surface area contributed by atoms with Crippen LogP contribution in [0.15, 0.2) is 46.9 Å². The number of hydrogen-bond donors (Lipinski definition) is 5. The molecule has 0 bridgehead atoms. The van der Waals surface area contributed by atoms with Crippen molar-refractivity contribution in [2.75, 3.05) is 0 Å². The first-order valence-corrected chi connectivity index (χ1v) is 11.7.